The minimum absolute atomic E-state index is 0.0892. The molecule has 8 nitrogen and oxygen atoms in total. The van der Waals surface area contributed by atoms with E-state index in [4.69, 9.17) is 21.1 Å². The normalized spacial score (nSPS) is 16.8. The Morgan fingerprint density at radius 2 is 1.76 bits per heavy atom. The number of aromatic nitrogens is 1. The second kappa shape index (κ2) is 10.4. The molecule has 10 heteroatoms. The highest BCUT2D eigenvalue weighted by Crippen LogP contribution is 2.46. The molecule has 1 aliphatic rings. The molecule has 194 valence electrons. The molecule has 0 bridgehead atoms. The van der Waals surface area contributed by atoms with E-state index in [2.05, 4.69) is 4.98 Å². The first-order valence-corrected chi connectivity index (χ1v) is 13.1. The Labute approximate surface area is 227 Å². The maximum Gasteiger partial charge on any atom is 0.301 e. The Kier molecular flexibility index (Phi) is 6.96. The zero-order chi connectivity index (χ0) is 27.0. The molecule has 5 rings (SSSR count). The molecule has 0 aliphatic carbocycles. The lowest BCUT2D eigenvalue weighted by atomic mass is 9.95. The van der Waals surface area contributed by atoms with Crippen LogP contribution in [-0.2, 0) is 9.59 Å². The van der Waals surface area contributed by atoms with Crippen LogP contribution in [0.3, 0.4) is 0 Å². The minimum Gasteiger partial charge on any atom is -0.507 e. The van der Waals surface area contributed by atoms with Gasteiger partial charge in [0.05, 0.1) is 35.0 Å². The molecule has 2 N–H and O–H groups in total. The zero-order valence-electron chi connectivity index (χ0n) is 20.5. The van der Waals surface area contributed by atoms with Gasteiger partial charge in [-0.2, -0.15) is 0 Å². The number of ether oxygens (including phenoxy) is 2. The molecule has 1 fully saturated rings. The van der Waals surface area contributed by atoms with Crippen molar-refractivity contribution >= 4 is 55.7 Å². The van der Waals surface area contributed by atoms with E-state index >= 15 is 0 Å². The van der Waals surface area contributed by atoms with Crippen molar-refractivity contribution < 1.29 is 29.3 Å². The highest BCUT2D eigenvalue weighted by atomic mass is 35.5. The Balaban J connectivity index is 1.70. The van der Waals surface area contributed by atoms with E-state index in [-0.39, 0.29) is 28.0 Å². The highest BCUT2D eigenvalue weighted by Gasteiger charge is 2.48. The molecule has 1 amide bonds. The van der Waals surface area contributed by atoms with Gasteiger partial charge in [0.1, 0.15) is 11.5 Å². The monoisotopic (exact) mass is 550 g/mol. The van der Waals surface area contributed by atoms with Crippen LogP contribution in [0.25, 0.3) is 16.0 Å². The molecule has 1 unspecified atom stereocenters. The lowest BCUT2D eigenvalue weighted by Crippen LogP contribution is -2.29. The second-order valence-electron chi connectivity index (χ2n) is 8.40. The van der Waals surface area contributed by atoms with Gasteiger partial charge < -0.3 is 19.7 Å². The minimum atomic E-state index is -1.03. The molecule has 1 atom stereocenters. The summed E-state index contributed by atoms with van der Waals surface area (Å²) in [5, 5.41) is 22.4. The molecule has 1 aromatic heterocycles. The fraction of sp³-hybridized carbons (Fsp3) is 0.179. The van der Waals surface area contributed by atoms with E-state index < -0.39 is 17.7 Å². The summed E-state index contributed by atoms with van der Waals surface area (Å²) in [7, 11) is 0. The molecule has 0 radical (unpaired) electrons. The molecule has 1 saturated heterocycles. The second-order valence-corrected chi connectivity index (χ2v) is 9.84. The number of phenols is 1. The number of thiazole rings is 1. The lowest BCUT2D eigenvalue weighted by molar-refractivity contribution is -0.132. The number of carbonyl (C=O) groups is 2. The largest absolute Gasteiger partial charge is 0.507 e. The van der Waals surface area contributed by atoms with Crippen LogP contribution in [0.1, 0.15) is 31.0 Å². The molecule has 0 spiro atoms. The number of amides is 1. The Morgan fingerprint density at radius 3 is 2.47 bits per heavy atom. The van der Waals surface area contributed by atoms with Crippen LogP contribution in [0, 0.1) is 0 Å². The van der Waals surface area contributed by atoms with E-state index in [9.17, 15) is 19.8 Å². The van der Waals surface area contributed by atoms with Crippen molar-refractivity contribution in [2.75, 3.05) is 18.1 Å². The number of benzene rings is 3. The van der Waals surface area contributed by atoms with Gasteiger partial charge in [0, 0.05) is 10.6 Å². The summed E-state index contributed by atoms with van der Waals surface area (Å²) in [5.74, 6) is -1.33. The number of hydrogen-bond acceptors (Lipinski definition) is 8. The third-order valence-electron chi connectivity index (χ3n) is 6.03. The number of nitrogens with zero attached hydrogens (tertiary/aromatic N) is 2. The van der Waals surface area contributed by atoms with Crippen molar-refractivity contribution in [2.24, 2.45) is 0 Å². The van der Waals surface area contributed by atoms with Crippen molar-refractivity contribution in [3.05, 3.63) is 82.4 Å². The number of ketones is 1. The van der Waals surface area contributed by atoms with Crippen LogP contribution in [0.2, 0.25) is 5.02 Å². The number of rotatable bonds is 7. The number of hydrogen-bond donors (Lipinski definition) is 2. The number of anilines is 1. The van der Waals surface area contributed by atoms with Crippen molar-refractivity contribution in [1.29, 1.82) is 0 Å². The Bertz CT molecular complexity index is 1580. The number of Topliss-reactive ketones (excluding diaryl/α,β-unsaturated/α-hetero) is 1. The van der Waals surface area contributed by atoms with Crippen molar-refractivity contribution in [1.82, 2.24) is 4.98 Å². The van der Waals surface area contributed by atoms with Gasteiger partial charge in [-0.25, -0.2) is 4.98 Å². The van der Waals surface area contributed by atoms with E-state index in [1.807, 2.05) is 6.92 Å². The standard InChI is InChI=1S/C28H23ClN2O6S/c1-3-36-18-9-5-15(6-10-18)25(33)23-24(16-7-12-20(32)21(13-16)37-4-2)31(27(35)26(23)34)28-30-19-11-8-17(29)14-22(19)38-28/h5-14,24,32-33H,3-4H2,1-2H3. The molecule has 2 heterocycles. The van der Waals surface area contributed by atoms with E-state index in [0.29, 0.717) is 40.6 Å². The average molecular weight is 551 g/mol. The van der Waals surface area contributed by atoms with Gasteiger partial charge in [-0.3, -0.25) is 14.5 Å². The fourth-order valence-electron chi connectivity index (χ4n) is 4.34. The first-order valence-electron chi connectivity index (χ1n) is 11.9. The lowest BCUT2D eigenvalue weighted by Gasteiger charge is -2.23. The van der Waals surface area contributed by atoms with Gasteiger partial charge in [0.2, 0.25) is 0 Å². The molecule has 1 aliphatic heterocycles. The van der Waals surface area contributed by atoms with Crippen LogP contribution in [0.4, 0.5) is 5.13 Å². The zero-order valence-corrected chi connectivity index (χ0v) is 22.0. The van der Waals surface area contributed by atoms with Gasteiger partial charge in [-0.1, -0.05) is 29.0 Å². The highest BCUT2D eigenvalue weighted by molar-refractivity contribution is 7.22. The molecule has 38 heavy (non-hydrogen) atoms. The number of fused-ring (bicyclic) bond motifs is 1. The molecule has 0 saturated carbocycles. The number of carbonyl (C=O) groups excluding carboxylic acids is 2. The molecule has 3 aromatic carbocycles. The Morgan fingerprint density at radius 1 is 1.03 bits per heavy atom. The van der Waals surface area contributed by atoms with Gasteiger partial charge in [-0.15, -0.1) is 0 Å². The van der Waals surface area contributed by atoms with E-state index in [1.54, 1.807) is 61.5 Å². The van der Waals surface area contributed by atoms with Crippen molar-refractivity contribution in [2.45, 2.75) is 19.9 Å². The maximum atomic E-state index is 13.5. The van der Waals surface area contributed by atoms with Crippen LogP contribution in [0.5, 0.6) is 17.2 Å². The number of aliphatic hydroxyl groups is 1. The van der Waals surface area contributed by atoms with Crippen molar-refractivity contribution in [3.63, 3.8) is 0 Å². The third-order valence-corrected chi connectivity index (χ3v) is 7.28. The van der Waals surface area contributed by atoms with Gasteiger partial charge in [0.25, 0.3) is 5.78 Å². The summed E-state index contributed by atoms with van der Waals surface area (Å²) in [4.78, 5) is 32.8. The van der Waals surface area contributed by atoms with Crippen LogP contribution in [-0.4, -0.2) is 40.1 Å². The van der Waals surface area contributed by atoms with Gasteiger partial charge >= 0.3 is 5.91 Å². The predicted molar refractivity (Wildman–Crippen MR) is 146 cm³/mol. The van der Waals surface area contributed by atoms with E-state index in [0.717, 1.165) is 4.70 Å². The molecular formula is C28H23ClN2O6S. The topological polar surface area (TPSA) is 109 Å². The van der Waals surface area contributed by atoms with Crippen LogP contribution >= 0.6 is 22.9 Å². The van der Waals surface area contributed by atoms with Crippen LogP contribution < -0.4 is 14.4 Å². The van der Waals surface area contributed by atoms with Crippen molar-refractivity contribution in [3.8, 4) is 17.2 Å². The number of aliphatic hydroxyl groups excluding tert-OH is 1. The summed E-state index contributed by atoms with van der Waals surface area (Å²) in [6.07, 6.45) is 0. The first kappa shape index (κ1) is 25.6. The number of aromatic hydroxyl groups is 1. The van der Waals surface area contributed by atoms with Crippen LogP contribution in [0.15, 0.2) is 66.2 Å². The summed E-state index contributed by atoms with van der Waals surface area (Å²) in [5.41, 5.74) is 1.30. The third kappa shape index (κ3) is 4.55. The Hall–Kier alpha value is -4.08. The number of halogens is 1. The fourth-order valence-corrected chi connectivity index (χ4v) is 5.61. The van der Waals surface area contributed by atoms with E-state index in [1.165, 1.54) is 22.3 Å². The number of phenolic OH excluding ortho intramolecular Hbond substituents is 1. The summed E-state index contributed by atoms with van der Waals surface area (Å²) in [6, 6.07) is 15.3. The summed E-state index contributed by atoms with van der Waals surface area (Å²) in [6.45, 7) is 4.41. The first-order chi connectivity index (χ1) is 18.3. The predicted octanol–water partition coefficient (Wildman–Crippen LogP) is 6.08. The quantitative estimate of drug-likeness (QED) is 0.163. The smallest absolute Gasteiger partial charge is 0.301 e. The molecular weight excluding hydrogens is 528 g/mol. The average Bonchev–Trinajstić information content (AvgIpc) is 3.43. The SMILES string of the molecule is CCOc1ccc(C(O)=C2C(=O)C(=O)N(c3nc4ccc(Cl)cc4s3)C2c2ccc(O)c(OCC)c2)cc1. The van der Waals surface area contributed by atoms with Gasteiger partial charge in [-0.05, 0) is 74.0 Å². The summed E-state index contributed by atoms with van der Waals surface area (Å²) < 4.78 is 11.8. The summed E-state index contributed by atoms with van der Waals surface area (Å²) >= 11 is 7.35. The van der Waals surface area contributed by atoms with Gasteiger partial charge in [0.15, 0.2) is 16.6 Å². The maximum absolute atomic E-state index is 13.5. The molecule has 4 aromatic rings.